The van der Waals surface area contributed by atoms with Gasteiger partial charge in [0.2, 0.25) is 34.1 Å². The summed E-state index contributed by atoms with van der Waals surface area (Å²) in [6.45, 7) is 10.0. The number of nitrogens with one attached hydrogen (secondary N) is 3. The minimum Gasteiger partial charge on any atom is -0.489 e. The van der Waals surface area contributed by atoms with E-state index in [1.165, 1.54) is 4.90 Å². The standard InChI is InChI=1S/C50H70N6O10S/c1-4-32-26-50(32,47(59)54-67(61,62)49(3)20-21-49)53-44(57)40-25-36-27-56(40)46(58)42(30-14-8-6-9-15-30)52-48(60)66-41-22-31(41)16-10-7-11-18-38-43(37-17-12-13-19-39(37)51-45(38)65-36)64-35-23-33-28-63-29-34(24-35)55(33)5-2/h4,12-13,17,19,30-36,40-42,48,52,60H,1,5-11,14-16,18,20-29H2,2-3H3,(H,53,57)(H,54,59). The maximum absolute atomic E-state index is 15.3. The maximum atomic E-state index is 15.3. The number of aliphatic hydroxyl groups is 1. The Morgan fingerprint density at radius 3 is 2.43 bits per heavy atom. The Hall–Kier alpha value is -3.87. The molecule has 10 unspecified atom stereocenters. The van der Waals surface area contributed by atoms with Crippen LogP contribution in [-0.2, 0) is 40.3 Å². The van der Waals surface area contributed by atoms with Gasteiger partial charge in [0.1, 0.15) is 29.5 Å². The molecule has 16 nitrogen and oxygen atoms in total. The van der Waals surface area contributed by atoms with Crippen molar-refractivity contribution in [1.29, 1.82) is 0 Å². The van der Waals surface area contributed by atoms with Crippen molar-refractivity contribution >= 4 is 38.6 Å². The van der Waals surface area contributed by atoms with Crippen molar-refractivity contribution in [1.82, 2.24) is 30.1 Å². The van der Waals surface area contributed by atoms with Crippen molar-refractivity contribution in [3.05, 3.63) is 42.5 Å². The Morgan fingerprint density at radius 1 is 1.01 bits per heavy atom. The number of morpholine rings is 1. The second-order valence-electron chi connectivity index (χ2n) is 21.2. The Morgan fingerprint density at radius 2 is 1.73 bits per heavy atom. The van der Waals surface area contributed by atoms with E-state index < -0.39 is 62.6 Å². The second kappa shape index (κ2) is 18.8. The number of amides is 3. The predicted octanol–water partition coefficient (Wildman–Crippen LogP) is 4.61. The molecule has 17 heteroatoms. The number of nitrogens with zero attached hydrogens (tertiary/aromatic N) is 3. The van der Waals surface area contributed by atoms with Crippen LogP contribution in [0, 0.1) is 17.8 Å². The molecule has 4 bridgehead atoms. The van der Waals surface area contributed by atoms with E-state index in [0.29, 0.717) is 44.3 Å². The van der Waals surface area contributed by atoms with Crippen LogP contribution in [0.2, 0.25) is 0 Å². The molecular formula is C50H70N6O10S. The molecule has 10 atom stereocenters. The van der Waals surface area contributed by atoms with Gasteiger partial charge in [-0.3, -0.25) is 29.3 Å². The molecule has 4 N–H and O–H groups in total. The van der Waals surface area contributed by atoms with Crippen molar-refractivity contribution in [2.24, 2.45) is 17.8 Å². The van der Waals surface area contributed by atoms with Gasteiger partial charge in [0.25, 0.3) is 5.91 Å². The van der Waals surface area contributed by atoms with Crippen LogP contribution in [0.3, 0.4) is 0 Å². The van der Waals surface area contributed by atoms with Gasteiger partial charge in [0.05, 0.1) is 47.7 Å². The summed E-state index contributed by atoms with van der Waals surface area (Å²) in [6, 6.07) is 6.54. The van der Waals surface area contributed by atoms with Gasteiger partial charge in [-0.1, -0.05) is 57.2 Å². The van der Waals surface area contributed by atoms with Crippen LogP contribution < -0.4 is 24.8 Å². The number of benzene rings is 1. The average molecular weight is 947 g/mol. The number of sulfonamides is 1. The molecule has 5 heterocycles. The van der Waals surface area contributed by atoms with Crippen molar-refractivity contribution < 1.29 is 46.9 Å². The normalized spacial score (nSPS) is 35.7. The molecule has 8 aliphatic rings. The van der Waals surface area contributed by atoms with Crippen molar-refractivity contribution in [3.8, 4) is 11.6 Å². The van der Waals surface area contributed by atoms with E-state index in [4.69, 9.17) is 23.9 Å². The van der Waals surface area contributed by atoms with Crippen LogP contribution >= 0.6 is 0 Å². The van der Waals surface area contributed by atoms with E-state index in [2.05, 4.69) is 39.8 Å². The highest BCUT2D eigenvalue weighted by Gasteiger charge is 2.63. The number of rotatable bonds is 10. The highest BCUT2D eigenvalue weighted by molar-refractivity contribution is 7.91. The first kappa shape index (κ1) is 46.8. The lowest BCUT2D eigenvalue weighted by atomic mass is 9.83. The summed E-state index contributed by atoms with van der Waals surface area (Å²) in [5.41, 5.74) is 0.0335. The molecule has 1 aromatic heterocycles. The van der Waals surface area contributed by atoms with Gasteiger partial charge in [-0.25, -0.2) is 13.4 Å². The third kappa shape index (κ3) is 9.46. The van der Waals surface area contributed by atoms with E-state index in [1.54, 1.807) is 13.0 Å². The van der Waals surface area contributed by atoms with Gasteiger partial charge in [-0.15, -0.1) is 6.58 Å². The maximum Gasteiger partial charge on any atom is 0.259 e. The molecule has 67 heavy (non-hydrogen) atoms. The van der Waals surface area contributed by atoms with Gasteiger partial charge >= 0.3 is 0 Å². The fourth-order valence-electron chi connectivity index (χ4n) is 12.0. The van der Waals surface area contributed by atoms with Gasteiger partial charge in [0.15, 0.2) is 0 Å². The molecule has 3 amide bonds. The molecule has 10 rings (SSSR count). The Kier molecular flexibility index (Phi) is 13.1. The first-order chi connectivity index (χ1) is 32.3. The summed E-state index contributed by atoms with van der Waals surface area (Å²) < 4.78 is 54.2. The van der Waals surface area contributed by atoms with Crippen LogP contribution in [0.4, 0.5) is 0 Å². The smallest absolute Gasteiger partial charge is 0.259 e. The van der Waals surface area contributed by atoms with Gasteiger partial charge in [0, 0.05) is 42.7 Å². The van der Waals surface area contributed by atoms with Crippen molar-refractivity contribution in [2.75, 3.05) is 26.3 Å². The highest BCUT2D eigenvalue weighted by Crippen LogP contribution is 2.48. The summed E-state index contributed by atoms with van der Waals surface area (Å²) in [5, 5.41) is 18.4. The number of carbonyl (C=O) groups is 3. The van der Waals surface area contributed by atoms with Gasteiger partial charge < -0.3 is 34.3 Å². The number of ether oxygens (including phenoxy) is 4. The Balaban J connectivity index is 0.996. The first-order valence-corrected chi connectivity index (χ1v) is 26.8. The minimum absolute atomic E-state index is 0.0310. The third-order valence-electron chi connectivity index (χ3n) is 16.6. The SMILES string of the molecule is C=CC1CC1(NC(=O)C1CC2CN1C(=O)C(C1CCCCC1)NC(O)OC1CC1CCCCCc1c(nc3ccccc3c1OC1CC3COCC(C1)N3CC)O2)C(=O)NS(=O)(=O)C1(C)CC1. The van der Waals surface area contributed by atoms with E-state index in [1.807, 2.05) is 18.2 Å². The molecule has 1 aromatic carbocycles. The average Bonchev–Trinajstić information content (AvgIpc) is 4.28. The number of carbonyl (C=O) groups excluding carboxylic acids is 3. The molecule has 4 aliphatic carbocycles. The van der Waals surface area contributed by atoms with E-state index >= 15 is 4.79 Å². The van der Waals surface area contributed by atoms with Crippen LogP contribution in [0.25, 0.3) is 10.9 Å². The fraction of sp³-hybridized carbons (Fsp3) is 0.720. The molecule has 0 spiro atoms. The lowest BCUT2D eigenvalue weighted by molar-refractivity contribution is -0.157. The Labute approximate surface area is 394 Å². The number of para-hydroxylation sites is 1. The number of pyridine rings is 1. The number of fused-ring (bicyclic) bond motifs is 7. The van der Waals surface area contributed by atoms with E-state index in [-0.39, 0.29) is 55.5 Å². The van der Waals surface area contributed by atoms with Crippen LogP contribution in [0.1, 0.15) is 122 Å². The summed E-state index contributed by atoms with van der Waals surface area (Å²) in [7, 11) is -4.01. The lowest BCUT2D eigenvalue weighted by Crippen LogP contribution is -2.60. The highest BCUT2D eigenvalue weighted by atomic mass is 32.2. The van der Waals surface area contributed by atoms with Gasteiger partial charge in [-0.05, 0) is 95.2 Å². The zero-order chi connectivity index (χ0) is 46.7. The van der Waals surface area contributed by atoms with Crippen LogP contribution in [0.5, 0.6) is 11.6 Å². The monoisotopic (exact) mass is 946 g/mol. The zero-order valence-corrected chi connectivity index (χ0v) is 40.0. The molecule has 366 valence electrons. The number of hydrogen-bond acceptors (Lipinski definition) is 13. The molecule has 3 saturated heterocycles. The number of hydrogen-bond donors (Lipinski definition) is 4. The molecule has 4 aliphatic heterocycles. The summed E-state index contributed by atoms with van der Waals surface area (Å²) in [4.78, 5) is 53.3. The van der Waals surface area contributed by atoms with E-state index in [0.717, 1.165) is 106 Å². The van der Waals surface area contributed by atoms with Crippen molar-refractivity contribution in [3.63, 3.8) is 0 Å². The van der Waals surface area contributed by atoms with Crippen molar-refractivity contribution in [2.45, 2.75) is 182 Å². The summed E-state index contributed by atoms with van der Waals surface area (Å²) in [6.07, 6.45) is 11.8. The predicted molar refractivity (Wildman–Crippen MR) is 249 cm³/mol. The number of piperidine rings is 1. The fourth-order valence-corrected chi connectivity index (χ4v) is 13.3. The lowest BCUT2D eigenvalue weighted by Gasteiger charge is -2.48. The molecule has 2 aromatic rings. The summed E-state index contributed by atoms with van der Waals surface area (Å²) in [5.74, 6) is -0.903. The zero-order valence-electron chi connectivity index (χ0n) is 39.2. The number of aliphatic hydroxyl groups excluding tert-OH is 1. The number of likely N-dealkylation sites (N-methyl/N-ethyl adjacent to an activating group) is 1. The minimum atomic E-state index is -4.01. The summed E-state index contributed by atoms with van der Waals surface area (Å²) >= 11 is 0. The topological polar surface area (TPSA) is 198 Å². The first-order valence-electron chi connectivity index (χ1n) is 25.3. The largest absolute Gasteiger partial charge is 0.489 e. The van der Waals surface area contributed by atoms with Crippen LogP contribution in [0.15, 0.2) is 36.9 Å². The quantitative estimate of drug-likeness (QED) is 0.241. The molecule has 4 saturated carbocycles. The van der Waals surface area contributed by atoms with Gasteiger partial charge in [-0.2, -0.15) is 0 Å². The molecule has 0 radical (unpaired) electrons. The molecular weight excluding hydrogens is 877 g/mol. The van der Waals surface area contributed by atoms with E-state index in [9.17, 15) is 23.1 Å². The van der Waals surface area contributed by atoms with Crippen LogP contribution in [-0.4, -0.2) is 132 Å². The molecule has 7 fully saturated rings. The second-order valence-corrected chi connectivity index (χ2v) is 23.4. The number of aromatic nitrogens is 1. The third-order valence-corrected chi connectivity index (χ3v) is 18.7. The Bertz CT molecular complexity index is 2310.